The third kappa shape index (κ3) is 3.49. The summed E-state index contributed by atoms with van der Waals surface area (Å²) < 4.78 is 28.7. The largest absolute Gasteiger partial charge is 0.276 e. The van der Waals surface area contributed by atoms with Gasteiger partial charge in [-0.1, -0.05) is 23.7 Å². The van der Waals surface area contributed by atoms with Gasteiger partial charge in [-0.2, -0.15) is 5.10 Å². The van der Waals surface area contributed by atoms with Gasteiger partial charge in [0.2, 0.25) is 0 Å². The molecule has 0 saturated carbocycles. The molecule has 0 saturated heterocycles. The van der Waals surface area contributed by atoms with E-state index in [4.69, 9.17) is 11.6 Å². The van der Waals surface area contributed by atoms with E-state index in [0.29, 0.717) is 21.1 Å². The minimum Gasteiger partial charge on any atom is -0.267 e. The number of thiazole rings is 1. The summed E-state index contributed by atoms with van der Waals surface area (Å²) in [4.78, 5) is 20.7. The number of sulfonamides is 1. The summed E-state index contributed by atoms with van der Waals surface area (Å²) in [5, 5.41) is 5.75. The fraction of sp³-hybridized carbons (Fsp3) is 0.0588. The number of benzene rings is 1. The maximum atomic E-state index is 12.6. The SMILES string of the molecule is Cn1ncc2cc(S(=O)(=O)NC(=O)c3cnc(-c4ccc(Cl)cc4)s3)cnc21. The van der Waals surface area contributed by atoms with E-state index in [1.54, 1.807) is 31.3 Å². The molecular weight excluding hydrogens is 422 g/mol. The number of hydrogen-bond donors (Lipinski definition) is 1. The number of nitrogens with zero attached hydrogens (tertiary/aromatic N) is 4. The van der Waals surface area contributed by atoms with E-state index < -0.39 is 15.9 Å². The van der Waals surface area contributed by atoms with Crippen LogP contribution in [0.25, 0.3) is 21.6 Å². The third-order valence-corrected chi connectivity index (χ3v) is 6.50. The second kappa shape index (κ2) is 6.97. The van der Waals surface area contributed by atoms with Crippen LogP contribution in [0.5, 0.6) is 0 Å². The zero-order valence-corrected chi connectivity index (χ0v) is 16.7. The Bertz CT molecular complexity index is 1300. The van der Waals surface area contributed by atoms with Crippen LogP contribution in [0, 0.1) is 0 Å². The molecule has 0 aliphatic carbocycles. The Kier molecular flexibility index (Phi) is 4.61. The van der Waals surface area contributed by atoms with Gasteiger partial charge in [0.25, 0.3) is 15.9 Å². The molecule has 4 aromatic rings. The van der Waals surface area contributed by atoms with Crippen LogP contribution in [0.4, 0.5) is 0 Å². The van der Waals surface area contributed by atoms with Gasteiger partial charge in [-0.05, 0) is 18.2 Å². The fourth-order valence-electron chi connectivity index (χ4n) is 2.51. The second-order valence-corrected chi connectivity index (χ2v) is 8.97. The molecule has 0 fully saturated rings. The molecule has 8 nitrogen and oxygen atoms in total. The number of rotatable bonds is 4. The summed E-state index contributed by atoms with van der Waals surface area (Å²) >= 11 is 6.95. The highest BCUT2D eigenvalue weighted by atomic mass is 35.5. The lowest BCUT2D eigenvalue weighted by molar-refractivity contribution is 0.0985. The van der Waals surface area contributed by atoms with Crippen molar-refractivity contribution in [3.05, 3.63) is 58.8 Å². The molecule has 0 aliphatic rings. The lowest BCUT2D eigenvalue weighted by Gasteiger charge is -2.05. The summed E-state index contributed by atoms with van der Waals surface area (Å²) in [6, 6.07) is 8.38. The molecular formula is C17H12ClN5O3S2. The summed E-state index contributed by atoms with van der Waals surface area (Å²) in [5.41, 5.74) is 1.32. The number of pyridine rings is 1. The highest BCUT2D eigenvalue weighted by molar-refractivity contribution is 7.90. The molecule has 3 aromatic heterocycles. The van der Waals surface area contributed by atoms with Gasteiger partial charge in [-0.3, -0.25) is 9.48 Å². The molecule has 0 aliphatic heterocycles. The first-order valence-corrected chi connectivity index (χ1v) is 10.6. The number of halogens is 1. The number of fused-ring (bicyclic) bond motifs is 1. The van der Waals surface area contributed by atoms with Crippen molar-refractivity contribution >= 4 is 49.9 Å². The molecule has 0 unspecified atom stereocenters. The highest BCUT2D eigenvalue weighted by Crippen LogP contribution is 2.26. The molecule has 11 heteroatoms. The lowest BCUT2D eigenvalue weighted by Crippen LogP contribution is -2.30. The Balaban J connectivity index is 1.57. The fourth-order valence-corrected chi connectivity index (χ4v) is 4.46. The second-order valence-electron chi connectivity index (χ2n) is 5.82. The predicted octanol–water partition coefficient (Wildman–Crippen LogP) is 2.86. The van der Waals surface area contributed by atoms with E-state index in [9.17, 15) is 13.2 Å². The van der Waals surface area contributed by atoms with Gasteiger partial charge in [0.15, 0.2) is 5.65 Å². The molecule has 1 aromatic carbocycles. The maximum absolute atomic E-state index is 12.6. The molecule has 1 amide bonds. The van der Waals surface area contributed by atoms with Crippen LogP contribution in [-0.2, 0) is 17.1 Å². The number of hydrogen-bond acceptors (Lipinski definition) is 7. The summed E-state index contributed by atoms with van der Waals surface area (Å²) in [7, 11) is -2.39. The number of aryl methyl sites for hydroxylation is 1. The number of nitrogens with one attached hydrogen (secondary N) is 1. The Labute approximate surface area is 168 Å². The predicted molar refractivity (Wildman–Crippen MR) is 106 cm³/mol. The topological polar surface area (TPSA) is 107 Å². The van der Waals surface area contributed by atoms with E-state index >= 15 is 0 Å². The van der Waals surface area contributed by atoms with E-state index in [-0.39, 0.29) is 9.77 Å². The van der Waals surface area contributed by atoms with Crippen LogP contribution < -0.4 is 4.72 Å². The van der Waals surface area contributed by atoms with Crippen molar-refractivity contribution in [2.24, 2.45) is 7.05 Å². The van der Waals surface area contributed by atoms with Crippen molar-refractivity contribution in [1.82, 2.24) is 24.5 Å². The van der Waals surface area contributed by atoms with Crippen molar-refractivity contribution in [2.75, 3.05) is 0 Å². The van der Waals surface area contributed by atoms with Gasteiger partial charge >= 0.3 is 0 Å². The Morgan fingerprint density at radius 3 is 2.64 bits per heavy atom. The molecule has 4 rings (SSSR count). The smallest absolute Gasteiger partial charge is 0.267 e. The molecule has 0 radical (unpaired) electrons. The van der Waals surface area contributed by atoms with Crippen LogP contribution >= 0.6 is 22.9 Å². The van der Waals surface area contributed by atoms with Crippen molar-refractivity contribution in [1.29, 1.82) is 0 Å². The molecule has 0 bridgehead atoms. The molecule has 28 heavy (non-hydrogen) atoms. The van der Waals surface area contributed by atoms with Crippen molar-refractivity contribution in [3.8, 4) is 10.6 Å². The standard InChI is InChI=1S/C17H12ClN5O3S2/c1-23-15-11(7-21-23)6-13(8-19-15)28(25,26)22-16(24)14-9-20-17(27-14)10-2-4-12(18)5-3-10/h2-9H,1H3,(H,22,24). The van der Waals surface area contributed by atoms with Crippen molar-refractivity contribution in [3.63, 3.8) is 0 Å². The molecule has 3 heterocycles. The van der Waals surface area contributed by atoms with E-state index in [1.807, 2.05) is 4.72 Å². The first kappa shape index (κ1) is 18.5. The van der Waals surface area contributed by atoms with Crippen LogP contribution in [0.1, 0.15) is 9.67 Å². The molecule has 142 valence electrons. The average Bonchev–Trinajstić information content (AvgIpc) is 3.29. The van der Waals surface area contributed by atoms with Gasteiger partial charge in [0.05, 0.1) is 12.4 Å². The van der Waals surface area contributed by atoms with E-state index in [1.165, 1.54) is 29.3 Å². The third-order valence-electron chi connectivity index (χ3n) is 3.90. The number of carbonyl (C=O) groups excluding carboxylic acids is 1. The monoisotopic (exact) mass is 433 g/mol. The summed E-state index contributed by atoms with van der Waals surface area (Å²) in [5.74, 6) is -0.760. The van der Waals surface area contributed by atoms with E-state index in [2.05, 4.69) is 15.1 Å². The van der Waals surface area contributed by atoms with Crippen LogP contribution in [0.15, 0.2) is 53.8 Å². The van der Waals surface area contributed by atoms with Crippen molar-refractivity contribution in [2.45, 2.75) is 4.90 Å². The van der Waals surface area contributed by atoms with Gasteiger partial charge in [-0.25, -0.2) is 23.1 Å². The van der Waals surface area contributed by atoms with Crippen LogP contribution in [0.2, 0.25) is 5.02 Å². The maximum Gasteiger partial charge on any atom is 0.276 e. The molecule has 0 spiro atoms. The molecule has 0 atom stereocenters. The normalized spacial score (nSPS) is 11.6. The van der Waals surface area contributed by atoms with Gasteiger partial charge in [0.1, 0.15) is 14.8 Å². The van der Waals surface area contributed by atoms with Gasteiger partial charge in [0, 0.05) is 29.2 Å². The molecule has 1 N–H and O–H groups in total. The zero-order chi connectivity index (χ0) is 19.9. The van der Waals surface area contributed by atoms with Crippen LogP contribution in [0.3, 0.4) is 0 Å². The number of carbonyl (C=O) groups is 1. The summed E-state index contributed by atoms with van der Waals surface area (Å²) in [6.45, 7) is 0. The first-order chi connectivity index (χ1) is 13.3. The van der Waals surface area contributed by atoms with Gasteiger partial charge in [-0.15, -0.1) is 11.3 Å². The van der Waals surface area contributed by atoms with Crippen molar-refractivity contribution < 1.29 is 13.2 Å². The Hall–Kier alpha value is -2.82. The summed E-state index contributed by atoms with van der Waals surface area (Å²) in [6.07, 6.45) is 4.03. The van der Waals surface area contributed by atoms with Gasteiger partial charge < -0.3 is 0 Å². The number of aromatic nitrogens is 4. The van der Waals surface area contributed by atoms with E-state index in [0.717, 1.165) is 16.9 Å². The number of amides is 1. The van der Waals surface area contributed by atoms with Crippen LogP contribution in [-0.4, -0.2) is 34.1 Å². The zero-order valence-electron chi connectivity index (χ0n) is 14.3. The Morgan fingerprint density at radius 1 is 1.14 bits per heavy atom. The Morgan fingerprint density at radius 2 is 1.89 bits per heavy atom. The minimum absolute atomic E-state index is 0.121. The highest BCUT2D eigenvalue weighted by Gasteiger charge is 2.22. The minimum atomic E-state index is -4.09. The average molecular weight is 434 g/mol. The lowest BCUT2D eigenvalue weighted by atomic mass is 10.2. The quantitative estimate of drug-likeness (QED) is 0.530. The first-order valence-electron chi connectivity index (χ1n) is 7.90.